The van der Waals surface area contributed by atoms with Gasteiger partial charge < -0.3 is 9.84 Å². The van der Waals surface area contributed by atoms with Crippen LogP contribution < -0.4 is 0 Å². The topological polar surface area (TPSA) is 101 Å². The number of fused-ring (bicyclic) bond motifs is 1. The molecular formula is C12H13NO6S. The number of rotatable bonds is 3. The molecule has 2 aliphatic heterocycles. The van der Waals surface area contributed by atoms with E-state index in [1.807, 2.05) is 0 Å². The molecule has 1 N–H and O–H groups in total. The quantitative estimate of drug-likeness (QED) is 0.449. The number of amides is 1. The van der Waals surface area contributed by atoms with Crippen LogP contribution in [0.1, 0.15) is 20.8 Å². The standard InChI is InChI=1S/C12H13NO6S/c1-4-19-11(18)5-6(14)8(15)13-7(10(16)17)12(2,3)20-9(5)13/h7H,4H2,1-3H3,(H,16,17)/t7-/m0/s1. The molecule has 0 aromatic rings. The number of ether oxygens (including phenoxy) is 1. The molecule has 0 unspecified atom stereocenters. The summed E-state index contributed by atoms with van der Waals surface area (Å²) in [4.78, 5) is 47.9. The fraction of sp³-hybridized carbons (Fsp3) is 0.500. The number of aliphatic carboxylic acids is 1. The van der Waals surface area contributed by atoms with Crippen LogP contribution in [0.25, 0.3) is 0 Å². The molecule has 0 saturated carbocycles. The van der Waals surface area contributed by atoms with Crippen molar-refractivity contribution in [3.8, 4) is 0 Å². The summed E-state index contributed by atoms with van der Waals surface area (Å²) in [5.74, 6) is -4.11. The van der Waals surface area contributed by atoms with Crippen molar-refractivity contribution in [3.05, 3.63) is 10.6 Å². The van der Waals surface area contributed by atoms with Crippen LogP contribution >= 0.6 is 11.8 Å². The van der Waals surface area contributed by atoms with Crippen molar-refractivity contribution in [2.45, 2.75) is 31.6 Å². The van der Waals surface area contributed by atoms with Gasteiger partial charge in [-0.3, -0.25) is 14.5 Å². The van der Waals surface area contributed by atoms with E-state index in [0.29, 0.717) is 0 Å². The maximum atomic E-state index is 12.0. The predicted molar refractivity (Wildman–Crippen MR) is 68.6 cm³/mol. The lowest BCUT2D eigenvalue weighted by molar-refractivity contribution is -0.150. The maximum Gasteiger partial charge on any atom is 0.345 e. The Morgan fingerprint density at radius 2 is 2.00 bits per heavy atom. The van der Waals surface area contributed by atoms with E-state index < -0.39 is 34.4 Å². The van der Waals surface area contributed by atoms with Gasteiger partial charge >= 0.3 is 17.8 Å². The average molecular weight is 299 g/mol. The minimum absolute atomic E-state index is 0.0630. The summed E-state index contributed by atoms with van der Waals surface area (Å²) in [5, 5.41) is 9.35. The summed E-state index contributed by atoms with van der Waals surface area (Å²) in [6.07, 6.45) is 0. The molecule has 0 aromatic heterocycles. The van der Waals surface area contributed by atoms with Gasteiger partial charge in [0.25, 0.3) is 5.78 Å². The van der Waals surface area contributed by atoms with Gasteiger partial charge in [0.1, 0.15) is 11.6 Å². The number of hydrogen-bond acceptors (Lipinski definition) is 6. The third-order valence-corrected chi connectivity index (χ3v) is 4.41. The Morgan fingerprint density at radius 1 is 1.40 bits per heavy atom. The van der Waals surface area contributed by atoms with Gasteiger partial charge in [0.2, 0.25) is 0 Å². The number of carboxylic acids is 1. The van der Waals surface area contributed by atoms with Crippen LogP contribution in [-0.4, -0.2) is 51.0 Å². The Bertz CT molecular complexity index is 564. The Hall–Kier alpha value is -1.83. The van der Waals surface area contributed by atoms with E-state index >= 15 is 0 Å². The number of carbonyl (C=O) groups is 4. The lowest BCUT2D eigenvalue weighted by Crippen LogP contribution is -2.48. The fourth-order valence-electron chi connectivity index (χ4n) is 2.27. The number of ketones is 1. The number of thioether (sulfide) groups is 1. The number of carboxylic acid groups (broad SMARTS) is 1. The number of esters is 1. The van der Waals surface area contributed by atoms with Crippen LogP contribution in [0.2, 0.25) is 0 Å². The van der Waals surface area contributed by atoms with Crippen molar-refractivity contribution in [2.24, 2.45) is 0 Å². The summed E-state index contributed by atoms with van der Waals surface area (Å²) >= 11 is 1.03. The lowest BCUT2D eigenvalue weighted by atomic mass is 10.0. The summed E-state index contributed by atoms with van der Waals surface area (Å²) in [5.41, 5.74) is -0.362. The van der Waals surface area contributed by atoms with Crippen molar-refractivity contribution >= 4 is 35.4 Å². The van der Waals surface area contributed by atoms with Gasteiger partial charge in [0.15, 0.2) is 0 Å². The van der Waals surface area contributed by atoms with Gasteiger partial charge in [0.05, 0.1) is 11.6 Å². The molecule has 0 aliphatic carbocycles. The molecular weight excluding hydrogens is 286 g/mol. The first kappa shape index (κ1) is 14.6. The third kappa shape index (κ3) is 1.91. The van der Waals surface area contributed by atoms with Crippen molar-refractivity contribution < 1.29 is 29.0 Å². The first-order chi connectivity index (χ1) is 9.22. The third-order valence-electron chi connectivity index (χ3n) is 3.06. The molecule has 20 heavy (non-hydrogen) atoms. The van der Waals surface area contributed by atoms with E-state index in [1.165, 1.54) is 0 Å². The minimum Gasteiger partial charge on any atom is -0.480 e. The first-order valence-corrected chi connectivity index (χ1v) is 6.75. The zero-order valence-electron chi connectivity index (χ0n) is 11.1. The molecule has 2 aliphatic rings. The highest BCUT2D eigenvalue weighted by Gasteiger charge is 2.58. The number of nitrogens with zero attached hydrogens (tertiary/aromatic N) is 1. The lowest BCUT2D eigenvalue weighted by Gasteiger charge is -2.25. The van der Waals surface area contributed by atoms with Gasteiger partial charge in [-0.2, -0.15) is 0 Å². The molecule has 2 heterocycles. The zero-order chi connectivity index (χ0) is 15.2. The number of Topliss-reactive ketones (excluding diaryl/α,β-unsaturated/α-hetero) is 1. The molecule has 0 aromatic carbocycles. The van der Waals surface area contributed by atoms with Crippen LogP contribution in [0.4, 0.5) is 0 Å². The first-order valence-electron chi connectivity index (χ1n) is 5.93. The van der Waals surface area contributed by atoms with Gasteiger partial charge in [-0.05, 0) is 20.8 Å². The Labute approximate surface area is 118 Å². The minimum atomic E-state index is -1.22. The second-order valence-corrected chi connectivity index (χ2v) is 6.49. The summed E-state index contributed by atoms with van der Waals surface area (Å²) in [6, 6.07) is -1.19. The summed E-state index contributed by atoms with van der Waals surface area (Å²) in [6.45, 7) is 4.92. The molecule has 2 rings (SSSR count). The highest BCUT2D eigenvalue weighted by atomic mass is 32.2. The molecule has 1 atom stereocenters. The van der Waals surface area contributed by atoms with E-state index in [1.54, 1.807) is 20.8 Å². The van der Waals surface area contributed by atoms with Crippen molar-refractivity contribution in [3.63, 3.8) is 0 Å². The van der Waals surface area contributed by atoms with Crippen LogP contribution in [0.3, 0.4) is 0 Å². The molecule has 0 bridgehead atoms. The second-order valence-electron chi connectivity index (χ2n) is 4.85. The van der Waals surface area contributed by atoms with Gasteiger partial charge in [-0.25, -0.2) is 9.59 Å². The molecule has 1 saturated heterocycles. The molecule has 1 fully saturated rings. The maximum absolute atomic E-state index is 12.0. The molecule has 8 heteroatoms. The van der Waals surface area contributed by atoms with Crippen molar-refractivity contribution in [1.29, 1.82) is 0 Å². The Morgan fingerprint density at radius 3 is 2.50 bits per heavy atom. The van der Waals surface area contributed by atoms with Gasteiger partial charge in [0, 0.05) is 4.75 Å². The average Bonchev–Trinajstić information content (AvgIpc) is 2.70. The van der Waals surface area contributed by atoms with Crippen molar-refractivity contribution in [1.82, 2.24) is 4.90 Å². The molecule has 0 radical (unpaired) electrons. The summed E-state index contributed by atoms with van der Waals surface area (Å²) in [7, 11) is 0. The Kier molecular flexibility index (Phi) is 3.37. The van der Waals surface area contributed by atoms with Crippen LogP contribution in [0.5, 0.6) is 0 Å². The number of hydrogen-bond donors (Lipinski definition) is 1. The second kappa shape index (κ2) is 4.62. The van der Waals surface area contributed by atoms with Crippen LogP contribution in [0.15, 0.2) is 10.6 Å². The molecule has 1 amide bonds. The van der Waals surface area contributed by atoms with E-state index in [-0.39, 0.29) is 17.2 Å². The molecule has 7 nitrogen and oxygen atoms in total. The number of carbonyl (C=O) groups excluding carboxylic acids is 3. The van der Waals surface area contributed by atoms with Gasteiger partial charge in [-0.15, -0.1) is 0 Å². The molecule has 108 valence electrons. The fourth-order valence-corrected chi connectivity index (χ4v) is 3.65. The van der Waals surface area contributed by atoms with E-state index in [4.69, 9.17) is 4.74 Å². The van der Waals surface area contributed by atoms with E-state index in [0.717, 1.165) is 16.7 Å². The van der Waals surface area contributed by atoms with Crippen LogP contribution in [0, 0.1) is 0 Å². The highest BCUT2D eigenvalue weighted by molar-refractivity contribution is 8.04. The predicted octanol–water partition coefficient (Wildman–Crippen LogP) is 0.151. The SMILES string of the molecule is CCOC(=O)C1=C2SC(C)(C)[C@H](C(=O)O)N2C(=O)C1=O. The summed E-state index contributed by atoms with van der Waals surface area (Å²) < 4.78 is 3.92. The monoisotopic (exact) mass is 299 g/mol. The smallest absolute Gasteiger partial charge is 0.345 e. The van der Waals surface area contributed by atoms with Crippen molar-refractivity contribution in [2.75, 3.05) is 6.61 Å². The molecule has 0 spiro atoms. The van der Waals surface area contributed by atoms with E-state index in [9.17, 15) is 24.3 Å². The highest BCUT2D eigenvalue weighted by Crippen LogP contribution is 2.51. The largest absolute Gasteiger partial charge is 0.480 e. The normalized spacial score (nSPS) is 24.1. The van der Waals surface area contributed by atoms with E-state index in [2.05, 4.69) is 0 Å². The van der Waals surface area contributed by atoms with Crippen LogP contribution in [-0.2, 0) is 23.9 Å². The van der Waals surface area contributed by atoms with Gasteiger partial charge in [-0.1, -0.05) is 11.8 Å². The Balaban J connectivity index is 2.54. The zero-order valence-corrected chi connectivity index (χ0v) is 11.9.